The summed E-state index contributed by atoms with van der Waals surface area (Å²) in [5.41, 5.74) is 2.32. The van der Waals surface area contributed by atoms with Gasteiger partial charge in [-0.3, -0.25) is 9.69 Å². The van der Waals surface area contributed by atoms with Gasteiger partial charge in [0.05, 0.1) is 26.5 Å². The molecule has 0 saturated carbocycles. The fourth-order valence-corrected chi connectivity index (χ4v) is 4.41. The van der Waals surface area contributed by atoms with Crippen LogP contribution < -0.4 is 4.74 Å². The van der Waals surface area contributed by atoms with Gasteiger partial charge >= 0.3 is 5.97 Å². The summed E-state index contributed by atoms with van der Waals surface area (Å²) in [6.45, 7) is 3.00. The molecule has 35 heavy (non-hydrogen) atoms. The average Bonchev–Trinajstić information content (AvgIpc) is 3.57. The van der Waals surface area contributed by atoms with Crippen molar-refractivity contribution in [3.8, 4) is 17.1 Å². The quantitative estimate of drug-likeness (QED) is 0.455. The van der Waals surface area contributed by atoms with E-state index < -0.39 is 18.1 Å². The number of likely N-dealkylation sites (tertiary alicyclic amines) is 1. The van der Waals surface area contributed by atoms with E-state index in [1.165, 1.54) is 7.11 Å². The van der Waals surface area contributed by atoms with E-state index in [4.69, 9.17) is 9.47 Å². The molecule has 10 nitrogen and oxygen atoms in total. The van der Waals surface area contributed by atoms with Gasteiger partial charge in [-0.2, -0.15) is 0 Å². The molecule has 1 fully saturated rings. The summed E-state index contributed by atoms with van der Waals surface area (Å²) < 4.78 is 11.9. The zero-order chi connectivity index (χ0) is 24.9. The van der Waals surface area contributed by atoms with Crippen molar-refractivity contribution < 1.29 is 19.1 Å². The maximum Gasteiger partial charge on any atom is 0.328 e. The number of aromatic nitrogens is 4. The van der Waals surface area contributed by atoms with E-state index in [1.807, 2.05) is 61.5 Å². The fourth-order valence-electron chi connectivity index (χ4n) is 4.41. The number of likely N-dealkylation sites (N-methyl/N-ethyl adjacent to an activating group) is 1. The highest BCUT2D eigenvalue weighted by Crippen LogP contribution is 2.33. The topological polar surface area (TPSA) is 103 Å². The van der Waals surface area contributed by atoms with Crippen LogP contribution in [0.4, 0.5) is 0 Å². The van der Waals surface area contributed by atoms with Crippen molar-refractivity contribution in [1.82, 2.24) is 29.8 Å². The van der Waals surface area contributed by atoms with E-state index in [9.17, 15) is 9.59 Å². The maximum absolute atomic E-state index is 13.9. The van der Waals surface area contributed by atoms with Crippen molar-refractivity contribution in [1.29, 1.82) is 0 Å². The van der Waals surface area contributed by atoms with E-state index in [-0.39, 0.29) is 11.9 Å². The molecule has 3 aromatic rings. The molecule has 0 radical (unpaired) electrons. The van der Waals surface area contributed by atoms with Crippen molar-refractivity contribution >= 4 is 11.9 Å². The number of esters is 1. The van der Waals surface area contributed by atoms with Crippen LogP contribution in [0.5, 0.6) is 5.88 Å². The van der Waals surface area contributed by atoms with Gasteiger partial charge in [0.1, 0.15) is 17.8 Å². The third-order valence-corrected chi connectivity index (χ3v) is 6.45. The SMILES string of the molecule is CCN(C)C(C(=O)N1C[C@@H](n2cc(-c3ccc(OC)nc3)nn2)C[C@H]1C(=O)OC)c1ccccc1. The lowest BCUT2D eigenvalue weighted by molar-refractivity contribution is -0.152. The number of nitrogens with zero attached hydrogens (tertiary/aromatic N) is 6. The summed E-state index contributed by atoms with van der Waals surface area (Å²) in [5, 5.41) is 8.57. The molecule has 1 saturated heterocycles. The molecule has 1 aliphatic heterocycles. The minimum atomic E-state index is -0.704. The van der Waals surface area contributed by atoms with E-state index >= 15 is 0 Å². The van der Waals surface area contributed by atoms with Gasteiger partial charge in [-0.25, -0.2) is 14.5 Å². The third kappa shape index (κ3) is 5.02. The zero-order valence-corrected chi connectivity index (χ0v) is 20.4. The summed E-state index contributed by atoms with van der Waals surface area (Å²) in [7, 11) is 4.81. The highest BCUT2D eigenvalue weighted by molar-refractivity contribution is 5.89. The van der Waals surface area contributed by atoms with Crippen LogP contribution in [0.25, 0.3) is 11.3 Å². The Balaban J connectivity index is 1.60. The number of methoxy groups -OCH3 is 2. The van der Waals surface area contributed by atoms with E-state index in [2.05, 4.69) is 15.3 Å². The van der Waals surface area contributed by atoms with Crippen molar-refractivity contribution in [3.05, 3.63) is 60.4 Å². The summed E-state index contributed by atoms with van der Waals surface area (Å²) in [4.78, 5) is 34.4. The first-order valence-electron chi connectivity index (χ1n) is 11.5. The number of carbonyl (C=O) groups excluding carboxylic acids is 2. The standard InChI is InChI=1S/C25H30N6O4/c1-5-29(2)23(17-9-7-6-8-10-17)24(32)30-15-19(13-21(30)25(33)35-4)31-16-20(27-28-31)18-11-12-22(34-3)26-14-18/h6-12,14,16,19,21,23H,5,13,15H2,1-4H3/t19-,21-,23?/m0/s1. The third-order valence-electron chi connectivity index (χ3n) is 6.45. The molecule has 3 atom stereocenters. The Hall–Kier alpha value is -3.79. The second kappa shape index (κ2) is 10.6. The molecule has 2 aromatic heterocycles. The van der Waals surface area contributed by atoms with Gasteiger partial charge < -0.3 is 14.4 Å². The normalized spacial score (nSPS) is 18.5. The van der Waals surface area contributed by atoms with Crippen LogP contribution in [0.1, 0.15) is 31.0 Å². The molecule has 3 heterocycles. The smallest absolute Gasteiger partial charge is 0.328 e. The number of rotatable bonds is 8. The van der Waals surface area contributed by atoms with Gasteiger partial charge in [-0.1, -0.05) is 42.5 Å². The molecule has 10 heteroatoms. The predicted molar refractivity (Wildman–Crippen MR) is 128 cm³/mol. The highest BCUT2D eigenvalue weighted by Gasteiger charge is 2.44. The molecular weight excluding hydrogens is 448 g/mol. The van der Waals surface area contributed by atoms with Crippen molar-refractivity contribution in [3.63, 3.8) is 0 Å². The summed E-state index contributed by atoms with van der Waals surface area (Å²) >= 11 is 0. The van der Waals surface area contributed by atoms with Crippen LogP contribution in [0.15, 0.2) is 54.9 Å². The summed E-state index contributed by atoms with van der Waals surface area (Å²) in [6.07, 6.45) is 3.86. The first-order valence-corrected chi connectivity index (χ1v) is 11.5. The molecular formula is C25H30N6O4. The van der Waals surface area contributed by atoms with Crippen LogP contribution in [-0.2, 0) is 14.3 Å². The molecule has 0 aliphatic carbocycles. The first kappa shape index (κ1) is 24.3. The Morgan fingerprint density at radius 3 is 2.57 bits per heavy atom. The van der Waals surface area contributed by atoms with Crippen molar-refractivity contribution in [2.45, 2.75) is 31.5 Å². The Labute approximate surface area is 204 Å². The minimum Gasteiger partial charge on any atom is -0.481 e. The zero-order valence-electron chi connectivity index (χ0n) is 20.4. The predicted octanol–water partition coefficient (Wildman–Crippen LogP) is 2.36. The van der Waals surface area contributed by atoms with Crippen LogP contribution >= 0.6 is 0 Å². The van der Waals surface area contributed by atoms with E-state index in [0.717, 1.165) is 11.1 Å². The van der Waals surface area contributed by atoms with E-state index in [0.29, 0.717) is 31.1 Å². The van der Waals surface area contributed by atoms with Crippen LogP contribution in [0.3, 0.4) is 0 Å². The molecule has 1 amide bonds. The van der Waals surface area contributed by atoms with Gasteiger partial charge in [-0.05, 0) is 25.2 Å². The Morgan fingerprint density at radius 1 is 1.17 bits per heavy atom. The lowest BCUT2D eigenvalue weighted by Crippen LogP contribution is -2.47. The lowest BCUT2D eigenvalue weighted by Gasteiger charge is -2.32. The van der Waals surface area contributed by atoms with Crippen LogP contribution in [0, 0.1) is 0 Å². The average molecular weight is 479 g/mol. The number of amides is 1. The summed E-state index contributed by atoms with van der Waals surface area (Å²) in [6, 6.07) is 11.8. The number of carbonyl (C=O) groups is 2. The molecule has 4 rings (SSSR count). The van der Waals surface area contributed by atoms with Gasteiger partial charge in [0.25, 0.3) is 0 Å². The second-order valence-corrected chi connectivity index (χ2v) is 8.48. The molecule has 1 unspecified atom stereocenters. The maximum atomic E-state index is 13.9. The Bertz CT molecular complexity index is 1150. The number of pyridine rings is 1. The Morgan fingerprint density at radius 2 is 1.94 bits per heavy atom. The first-order chi connectivity index (χ1) is 17.0. The van der Waals surface area contributed by atoms with Gasteiger partial charge in [0.2, 0.25) is 11.8 Å². The minimum absolute atomic E-state index is 0.141. The van der Waals surface area contributed by atoms with Gasteiger partial charge in [0.15, 0.2) is 0 Å². The molecule has 1 aromatic carbocycles. The highest BCUT2D eigenvalue weighted by atomic mass is 16.5. The Kier molecular flexibility index (Phi) is 7.40. The molecule has 184 valence electrons. The summed E-state index contributed by atoms with van der Waals surface area (Å²) in [5.74, 6) is -0.0679. The molecule has 1 aliphatic rings. The van der Waals surface area contributed by atoms with Crippen LogP contribution in [0.2, 0.25) is 0 Å². The largest absolute Gasteiger partial charge is 0.481 e. The molecule has 0 N–H and O–H groups in total. The fraction of sp³-hybridized carbons (Fsp3) is 0.400. The second-order valence-electron chi connectivity index (χ2n) is 8.48. The van der Waals surface area contributed by atoms with Crippen molar-refractivity contribution in [2.24, 2.45) is 0 Å². The number of hydrogen-bond acceptors (Lipinski definition) is 8. The van der Waals surface area contributed by atoms with Gasteiger partial charge in [0, 0.05) is 30.8 Å². The number of hydrogen-bond donors (Lipinski definition) is 0. The van der Waals surface area contributed by atoms with Crippen molar-refractivity contribution in [2.75, 3.05) is 34.4 Å². The molecule has 0 bridgehead atoms. The number of benzene rings is 1. The van der Waals surface area contributed by atoms with Gasteiger partial charge in [-0.15, -0.1) is 5.10 Å². The molecule has 0 spiro atoms. The monoisotopic (exact) mass is 478 g/mol. The number of ether oxygens (including phenoxy) is 2. The lowest BCUT2D eigenvalue weighted by atomic mass is 10.0. The van der Waals surface area contributed by atoms with Crippen LogP contribution in [-0.4, -0.2) is 82.1 Å². The van der Waals surface area contributed by atoms with E-state index in [1.54, 1.807) is 29.0 Å².